The third-order valence-electron chi connectivity index (χ3n) is 15.9. The maximum absolute atomic E-state index is 6.71. The molecule has 3 aliphatic rings. The highest BCUT2D eigenvalue weighted by Gasteiger charge is 2.46. The first-order valence-corrected chi connectivity index (χ1v) is 26.8. The quantitative estimate of drug-likeness (QED) is 0.0713. The van der Waals surface area contributed by atoms with Gasteiger partial charge in [0.15, 0.2) is 0 Å². The Hall–Kier alpha value is -5.16. The zero-order valence-corrected chi connectivity index (χ0v) is 43.8. The number of unbranched alkanes of at least 4 members (excludes halogenated alkanes) is 10. The van der Waals surface area contributed by atoms with Crippen molar-refractivity contribution in [2.75, 3.05) is 9.80 Å². The van der Waals surface area contributed by atoms with E-state index in [4.69, 9.17) is 9.47 Å². The molecular formula is C65H80N2O2. The molecule has 0 bridgehead atoms. The van der Waals surface area contributed by atoms with Crippen LogP contribution in [0, 0.1) is 0 Å². The molecule has 0 saturated heterocycles. The Morgan fingerprint density at radius 1 is 0.319 bits per heavy atom. The van der Waals surface area contributed by atoms with E-state index in [1.807, 2.05) is 0 Å². The number of para-hydroxylation sites is 2. The summed E-state index contributed by atoms with van der Waals surface area (Å²) >= 11 is 0. The molecule has 69 heavy (non-hydrogen) atoms. The molecule has 0 spiro atoms. The zero-order chi connectivity index (χ0) is 48.6. The van der Waals surface area contributed by atoms with Crippen molar-refractivity contribution in [2.45, 2.75) is 187 Å². The van der Waals surface area contributed by atoms with Crippen LogP contribution in [0.4, 0.5) is 34.1 Å². The largest absolute Gasteiger partial charge is 0.360 e. The second-order valence-electron chi connectivity index (χ2n) is 22.6. The molecule has 0 radical (unpaired) electrons. The van der Waals surface area contributed by atoms with Crippen molar-refractivity contribution in [3.05, 3.63) is 167 Å². The van der Waals surface area contributed by atoms with Crippen LogP contribution in [-0.4, -0.2) is 0 Å². The third-order valence-corrected chi connectivity index (χ3v) is 15.9. The minimum Gasteiger partial charge on any atom is -0.360 e. The van der Waals surface area contributed by atoms with Gasteiger partial charge in [0.25, 0.3) is 0 Å². The molecule has 0 saturated carbocycles. The summed E-state index contributed by atoms with van der Waals surface area (Å²) in [6.07, 6.45) is 17.6. The van der Waals surface area contributed by atoms with Gasteiger partial charge in [0, 0.05) is 39.5 Å². The van der Waals surface area contributed by atoms with E-state index in [-0.39, 0.29) is 16.6 Å². The first-order chi connectivity index (χ1) is 33.1. The molecule has 9 rings (SSSR count). The second-order valence-corrected chi connectivity index (χ2v) is 22.6. The molecule has 0 unspecified atom stereocenters. The number of ether oxygens (including phenoxy) is 2. The summed E-state index contributed by atoms with van der Waals surface area (Å²) in [5.41, 5.74) is 16.2. The predicted molar refractivity (Wildman–Crippen MR) is 292 cm³/mol. The van der Waals surface area contributed by atoms with Crippen LogP contribution < -0.4 is 9.80 Å². The standard InChI is InChI=1S/C65H80N2O2/c1-11-13-15-17-19-27-41-65(42-28-20-18-16-14-12-2)57-43-49(66(47-29-23-21-24-30-47)51-35-39-55-59(45-51)63(7,8)68-61(55,3)4)33-37-53(57)54-38-34-50(44-58(54)65)67(48-31-25-22-26-32-48)52-36-40-56-60(46-52)64(9,10)69-62(56,5)6/h21-26,29-40,43-46H,11-20,27-28,41-42H2,1-10H3. The van der Waals surface area contributed by atoms with E-state index in [9.17, 15) is 0 Å². The molecule has 6 aromatic rings. The number of benzene rings is 6. The highest BCUT2D eigenvalue weighted by Crippen LogP contribution is 2.58. The van der Waals surface area contributed by atoms with E-state index in [0.29, 0.717) is 0 Å². The van der Waals surface area contributed by atoms with E-state index in [0.717, 1.165) is 35.6 Å². The van der Waals surface area contributed by atoms with Gasteiger partial charge in [0.05, 0.1) is 22.4 Å². The van der Waals surface area contributed by atoms with Crippen LogP contribution in [0.15, 0.2) is 133 Å². The van der Waals surface area contributed by atoms with Gasteiger partial charge >= 0.3 is 0 Å². The van der Waals surface area contributed by atoms with Gasteiger partial charge in [-0.1, -0.05) is 152 Å². The Balaban J connectivity index is 1.21. The van der Waals surface area contributed by atoms with Crippen molar-refractivity contribution in [3.63, 3.8) is 0 Å². The lowest BCUT2D eigenvalue weighted by molar-refractivity contribution is -0.105. The molecule has 0 fully saturated rings. The van der Waals surface area contributed by atoms with E-state index in [1.54, 1.807) is 0 Å². The Kier molecular flexibility index (Phi) is 13.8. The number of anilines is 6. The summed E-state index contributed by atoms with van der Waals surface area (Å²) in [6.45, 7) is 22.3. The van der Waals surface area contributed by atoms with E-state index >= 15 is 0 Å². The summed E-state index contributed by atoms with van der Waals surface area (Å²) in [5.74, 6) is 0. The highest BCUT2D eigenvalue weighted by molar-refractivity contribution is 5.89. The minimum absolute atomic E-state index is 0.146. The van der Waals surface area contributed by atoms with Gasteiger partial charge in [-0.25, -0.2) is 0 Å². The Labute approximate surface area is 416 Å². The van der Waals surface area contributed by atoms with Gasteiger partial charge in [-0.2, -0.15) is 0 Å². The Morgan fingerprint density at radius 3 is 1.01 bits per heavy atom. The fourth-order valence-electron chi connectivity index (χ4n) is 12.8. The Bertz CT molecular complexity index is 2540. The molecule has 2 heterocycles. The molecule has 4 nitrogen and oxygen atoms in total. The number of rotatable bonds is 20. The molecule has 2 aliphatic heterocycles. The van der Waals surface area contributed by atoms with Crippen LogP contribution in [-0.2, 0) is 37.3 Å². The average molecular weight is 921 g/mol. The average Bonchev–Trinajstić information content (AvgIpc) is 3.78. The van der Waals surface area contributed by atoms with Gasteiger partial charge in [0.1, 0.15) is 0 Å². The minimum atomic E-state index is -0.397. The normalized spacial score (nSPS) is 17.2. The van der Waals surface area contributed by atoms with Crippen molar-refractivity contribution in [1.29, 1.82) is 0 Å². The third kappa shape index (κ3) is 9.46. The summed E-state index contributed by atoms with van der Waals surface area (Å²) in [5, 5.41) is 0. The van der Waals surface area contributed by atoms with Crippen molar-refractivity contribution in [2.24, 2.45) is 0 Å². The number of fused-ring (bicyclic) bond motifs is 5. The van der Waals surface area contributed by atoms with Crippen LogP contribution in [0.1, 0.15) is 193 Å². The molecule has 0 atom stereocenters. The number of hydrogen-bond donors (Lipinski definition) is 0. The maximum atomic E-state index is 6.71. The van der Waals surface area contributed by atoms with Crippen molar-refractivity contribution in [3.8, 4) is 11.1 Å². The van der Waals surface area contributed by atoms with Crippen LogP contribution in [0.25, 0.3) is 11.1 Å². The molecule has 362 valence electrons. The monoisotopic (exact) mass is 921 g/mol. The molecule has 4 heteroatoms. The van der Waals surface area contributed by atoms with E-state index < -0.39 is 11.2 Å². The van der Waals surface area contributed by atoms with Crippen molar-refractivity contribution >= 4 is 34.1 Å². The lowest BCUT2D eigenvalue weighted by Gasteiger charge is -2.35. The van der Waals surface area contributed by atoms with Crippen molar-refractivity contribution in [1.82, 2.24) is 0 Å². The molecule has 0 aromatic heterocycles. The lowest BCUT2D eigenvalue weighted by atomic mass is 9.70. The number of nitrogens with zero attached hydrogens (tertiary/aromatic N) is 2. The topological polar surface area (TPSA) is 24.9 Å². The number of hydrogen-bond acceptors (Lipinski definition) is 4. The van der Waals surface area contributed by atoms with Gasteiger partial charge < -0.3 is 19.3 Å². The molecule has 0 N–H and O–H groups in total. The summed E-state index contributed by atoms with van der Waals surface area (Å²) in [7, 11) is 0. The van der Waals surface area contributed by atoms with Gasteiger partial charge in [-0.05, 0) is 186 Å². The second kappa shape index (κ2) is 19.6. The van der Waals surface area contributed by atoms with Gasteiger partial charge in [0.2, 0.25) is 0 Å². The van der Waals surface area contributed by atoms with Crippen LogP contribution >= 0.6 is 0 Å². The first kappa shape index (κ1) is 48.8. The van der Waals surface area contributed by atoms with Crippen molar-refractivity contribution < 1.29 is 9.47 Å². The zero-order valence-electron chi connectivity index (χ0n) is 43.8. The smallest absolute Gasteiger partial charge is 0.0891 e. The van der Waals surface area contributed by atoms with Gasteiger partial charge in [-0.3, -0.25) is 0 Å². The first-order valence-electron chi connectivity index (χ1n) is 26.8. The fraction of sp³-hybridized carbons (Fsp3) is 0.446. The lowest BCUT2D eigenvalue weighted by Crippen LogP contribution is -2.26. The summed E-state index contributed by atoms with van der Waals surface area (Å²) < 4.78 is 13.4. The summed E-state index contributed by atoms with van der Waals surface area (Å²) in [6, 6.07) is 51.0. The SMILES string of the molecule is CCCCCCCCC1(CCCCCCCC)c2cc(N(c3ccccc3)c3ccc4c(c3)C(C)(C)OC4(C)C)ccc2-c2ccc(N(c3ccccc3)c3ccc4c(c3)C(C)(C)OC4(C)C)cc21. The molecular weight excluding hydrogens is 841 g/mol. The maximum Gasteiger partial charge on any atom is 0.0891 e. The van der Waals surface area contributed by atoms with E-state index in [1.165, 1.54) is 133 Å². The molecule has 0 amide bonds. The highest BCUT2D eigenvalue weighted by atomic mass is 16.5. The molecule has 1 aliphatic carbocycles. The van der Waals surface area contributed by atoms with Gasteiger partial charge in [-0.15, -0.1) is 0 Å². The summed E-state index contributed by atoms with van der Waals surface area (Å²) in [4.78, 5) is 4.99. The van der Waals surface area contributed by atoms with Crippen LogP contribution in [0.2, 0.25) is 0 Å². The van der Waals surface area contributed by atoms with E-state index in [2.05, 4.69) is 212 Å². The predicted octanol–water partition coefficient (Wildman–Crippen LogP) is 19.4. The molecule has 6 aromatic carbocycles. The van der Waals surface area contributed by atoms with Crippen LogP contribution in [0.5, 0.6) is 0 Å². The van der Waals surface area contributed by atoms with Crippen LogP contribution in [0.3, 0.4) is 0 Å². The fourth-order valence-corrected chi connectivity index (χ4v) is 12.8. The Morgan fingerprint density at radius 2 is 0.638 bits per heavy atom.